The van der Waals surface area contributed by atoms with Crippen molar-refractivity contribution in [1.82, 2.24) is 15.6 Å². The molecule has 0 bridgehead atoms. The number of aromatic nitrogens is 1. The molecule has 2 rings (SSSR count). The molecule has 2 heterocycles. The van der Waals surface area contributed by atoms with Gasteiger partial charge in [-0.15, -0.1) is 11.3 Å². The van der Waals surface area contributed by atoms with Gasteiger partial charge in [-0.25, -0.2) is 4.98 Å². The molecule has 7 heteroatoms. The van der Waals surface area contributed by atoms with Crippen LogP contribution >= 0.6 is 11.3 Å². The van der Waals surface area contributed by atoms with Gasteiger partial charge in [0.05, 0.1) is 31.6 Å². The topological polar surface area (TPSA) is 67.8 Å². The third kappa shape index (κ3) is 6.03. The lowest BCUT2D eigenvalue weighted by atomic mass is 9.93. The van der Waals surface area contributed by atoms with Gasteiger partial charge in [0.15, 0.2) is 5.96 Å². The zero-order valence-corrected chi connectivity index (χ0v) is 16.2. The van der Waals surface area contributed by atoms with E-state index in [1.54, 1.807) is 18.4 Å². The summed E-state index contributed by atoms with van der Waals surface area (Å²) >= 11 is 1.68. The molecule has 136 valence electrons. The number of guanidine groups is 1. The number of rotatable bonds is 6. The van der Waals surface area contributed by atoms with E-state index in [9.17, 15) is 0 Å². The van der Waals surface area contributed by atoms with Gasteiger partial charge in [-0.3, -0.25) is 4.99 Å². The maximum Gasteiger partial charge on any atom is 0.191 e. The molecule has 1 aromatic heterocycles. The van der Waals surface area contributed by atoms with E-state index >= 15 is 0 Å². The van der Waals surface area contributed by atoms with Crippen LogP contribution in [-0.2, 0) is 21.4 Å². The average Bonchev–Trinajstić information content (AvgIpc) is 3.19. The first-order valence-corrected chi connectivity index (χ1v) is 9.38. The van der Waals surface area contributed by atoms with Crippen LogP contribution in [0.2, 0.25) is 0 Å². The second-order valence-corrected chi connectivity index (χ2v) is 8.11. The summed E-state index contributed by atoms with van der Waals surface area (Å²) in [7, 11) is 1.77. The van der Waals surface area contributed by atoms with E-state index in [-0.39, 0.29) is 17.6 Å². The number of thiazole rings is 1. The molecule has 1 aliphatic heterocycles. The zero-order valence-electron chi connectivity index (χ0n) is 15.4. The van der Waals surface area contributed by atoms with Crippen LogP contribution in [0.25, 0.3) is 0 Å². The van der Waals surface area contributed by atoms with Gasteiger partial charge in [-0.1, -0.05) is 20.8 Å². The van der Waals surface area contributed by atoms with Crippen LogP contribution in [-0.4, -0.2) is 50.0 Å². The molecule has 0 radical (unpaired) electrons. The SMILES string of the molecule is CN=C(NCc1nc(C(C)(C)C)cs1)NC(C)COC1CCOC1. The van der Waals surface area contributed by atoms with Gasteiger partial charge in [0.1, 0.15) is 5.01 Å². The van der Waals surface area contributed by atoms with Crippen LogP contribution in [0, 0.1) is 0 Å². The van der Waals surface area contributed by atoms with Crippen LogP contribution < -0.4 is 10.6 Å². The third-order valence-corrected chi connectivity index (χ3v) is 4.65. The largest absolute Gasteiger partial charge is 0.379 e. The summed E-state index contributed by atoms with van der Waals surface area (Å²) < 4.78 is 11.2. The summed E-state index contributed by atoms with van der Waals surface area (Å²) in [6, 6.07) is 0.179. The van der Waals surface area contributed by atoms with Gasteiger partial charge < -0.3 is 20.1 Å². The van der Waals surface area contributed by atoms with E-state index in [2.05, 4.69) is 48.7 Å². The molecule has 1 fully saturated rings. The molecule has 0 aliphatic carbocycles. The Labute approximate surface area is 149 Å². The smallest absolute Gasteiger partial charge is 0.191 e. The molecule has 1 saturated heterocycles. The van der Waals surface area contributed by atoms with E-state index in [4.69, 9.17) is 14.5 Å². The molecule has 0 saturated carbocycles. The van der Waals surface area contributed by atoms with Crippen molar-refractivity contribution in [3.63, 3.8) is 0 Å². The van der Waals surface area contributed by atoms with Gasteiger partial charge in [0.25, 0.3) is 0 Å². The van der Waals surface area contributed by atoms with E-state index < -0.39 is 0 Å². The number of nitrogens with zero attached hydrogens (tertiary/aromatic N) is 2. The second kappa shape index (κ2) is 8.78. The lowest BCUT2D eigenvalue weighted by Gasteiger charge is -2.19. The Morgan fingerprint density at radius 3 is 2.92 bits per heavy atom. The fourth-order valence-electron chi connectivity index (χ4n) is 2.29. The Morgan fingerprint density at radius 1 is 1.54 bits per heavy atom. The van der Waals surface area contributed by atoms with Crippen LogP contribution in [0.5, 0.6) is 0 Å². The molecule has 24 heavy (non-hydrogen) atoms. The molecule has 0 spiro atoms. The summed E-state index contributed by atoms with van der Waals surface area (Å²) in [5, 5.41) is 9.86. The number of aliphatic imine (C=N–C) groups is 1. The van der Waals surface area contributed by atoms with Crippen LogP contribution in [0.3, 0.4) is 0 Å². The Bertz CT molecular complexity index is 533. The molecular formula is C17H30N4O2S. The highest BCUT2D eigenvalue weighted by Crippen LogP contribution is 2.23. The molecule has 2 N–H and O–H groups in total. The highest BCUT2D eigenvalue weighted by molar-refractivity contribution is 7.09. The van der Waals surface area contributed by atoms with Crippen molar-refractivity contribution >= 4 is 17.3 Å². The van der Waals surface area contributed by atoms with Crippen molar-refractivity contribution in [2.24, 2.45) is 4.99 Å². The van der Waals surface area contributed by atoms with Crippen molar-refractivity contribution in [2.75, 3.05) is 26.9 Å². The maximum atomic E-state index is 5.83. The Kier molecular flexibility index (Phi) is 7.01. The fraction of sp³-hybridized carbons (Fsp3) is 0.765. The van der Waals surface area contributed by atoms with Crippen LogP contribution in [0.15, 0.2) is 10.4 Å². The summed E-state index contributed by atoms with van der Waals surface area (Å²) in [6.07, 6.45) is 1.22. The molecular weight excluding hydrogens is 324 g/mol. The highest BCUT2D eigenvalue weighted by atomic mass is 32.1. The minimum atomic E-state index is 0.0878. The summed E-state index contributed by atoms with van der Waals surface area (Å²) in [5.41, 5.74) is 1.22. The zero-order chi connectivity index (χ0) is 17.6. The lowest BCUT2D eigenvalue weighted by Crippen LogP contribution is -2.44. The second-order valence-electron chi connectivity index (χ2n) is 7.17. The van der Waals surface area contributed by atoms with E-state index in [1.807, 2.05) is 0 Å². The van der Waals surface area contributed by atoms with Gasteiger partial charge in [0.2, 0.25) is 0 Å². The van der Waals surface area contributed by atoms with Crippen LogP contribution in [0.4, 0.5) is 0 Å². The van der Waals surface area contributed by atoms with Crippen molar-refractivity contribution in [3.05, 3.63) is 16.1 Å². The molecule has 0 aromatic carbocycles. The first-order chi connectivity index (χ1) is 11.4. The summed E-state index contributed by atoms with van der Waals surface area (Å²) in [6.45, 7) is 11.4. The lowest BCUT2D eigenvalue weighted by molar-refractivity contribution is 0.0347. The minimum absolute atomic E-state index is 0.0878. The van der Waals surface area contributed by atoms with Crippen LogP contribution in [0.1, 0.15) is 44.8 Å². The van der Waals surface area contributed by atoms with Gasteiger partial charge in [0, 0.05) is 30.5 Å². The number of ether oxygens (including phenoxy) is 2. The third-order valence-electron chi connectivity index (χ3n) is 3.80. The predicted molar refractivity (Wildman–Crippen MR) is 98.8 cm³/mol. The molecule has 2 atom stereocenters. The molecule has 2 unspecified atom stereocenters. The van der Waals surface area contributed by atoms with Gasteiger partial charge in [-0.05, 0) is 13.3 Å². The first kappa shape index (κ1) is 19.1. The fourth-order valence-corrected chi connectivity index (χ4v) is 3.25. The standard InChI is InChI=1S/C17H30N4O2S/c1-12(9-23-13-6-7-22-10-13)20-16(18-5)19-8-15-21-14(11-24-15)17(2,3)4/h11-13H,6-10H2,1-5H3,(H2,18,19,20). The minimum Gasteiger partial charge on any atom is -0.379 e. The molecule has 1 aliphatic rings. The average molecular weight is 355 g/mol. The summed E-state index contributed by atoms with van der Waals surface area (Å²) in [5.74, 6) is 0.765. The van der Waals surface area contributed by atoms with E-state index in [0.717, 1.165) is 29.7 Å². The Morgan fingerprint density at radius 2 is 2.33 bits per heavy atom. The quantitative estimate of drug-likeness (QED) is 0.606. The van der Waals surface area contributed by atoms with Crippen molar-refractivity contribution < 1.29 is 9.47 Å². The first-order valence-electron chi connectivity index (χ1n) is 8.50. The van der Waals surface area contributed by atoms with E-state index in [0.29, 0.717) is 19.8 Å². The molecule has 6 nitrogen and oxygen atoms in total. The van der Waals surface area contributed by atoms with Crippen molar-refractivity contribution in [1.29, 1.82) is 0 Å². The normalized spacial score (nSPS) is 20.2. The van der Waals surface area contributed by atoms with E-state index in [1.165, 1.54) is 0 Å². The number of hydrogen-bond donors (Lipinski definition) is 2. The van der Waals surface area contributed by atoms with Crippen molar-refractivity contribution in [2.45, 2.75) is 58.2 Å². The maximum absolute atomic E-state index is 5.83. The van der Waals surface area contributed by atoms with Gasteiger partial charge >= 0.3 is 0 Å². The van der Waals surface area contributed by atoms with Gasteiger partial charge in [-0.2, -0.15) is 0 Å². The summed E-state index contributed by atoms with van der Waals surface area (Å²) in [4.78, 5) is 8.96. The molecule has 1 aromatic rings. The Hall–Kier alpha value is -1.18. The highest BCUT2D eigenvalue weighted by Gasteiger charge is 2.18. The monoisotopic (exact) mass is 354 g/mol. The molecule has 0 amide bonds. The predicted octanol–water partition coefficient (Wildman–Crippen LogP) is 2.30. The van der Waals surface area contributed by atoms with Crippen molar-refractivity contribution in [3.8, 4) is 0 Å². The number of hydrogen-bond acceptors (Lipinski definition) is 5. The Balaban J connectivity index is 1.74. The number of nitrogens with one attached hydrogen (secondary N) is 2.